The number of rotatable bonds is 4. The number of para-hydroxylation sites is 1. The highest BCUT2D eigenvalue weighted by molar-refractivity contribution is 5.98. The molecule has 1 aromatic rings. The second-order valence-electron chi connectivity index (χ2n) is 10.1. The van der Waals surface area contributed by atoms with Crippen LogP contribution in [0.1, 0.15) is 81.0 Å². The number of amides is 1. The molecule has 162 valence electrons. The Labute approximate surface area is 178 Å². The number of nitro groups is 1. The predicted octanol–water partition coefficient (Wildman–Crippen LogP) is 4.68. The first-order valence-electron chi connectivity index (χ1n) is 11.9. The van der Waals surface area contributed by atoms with Crippen molar-refractivity contribution in [2.75, 3.05) is 0 Å². The summed E-state index contributed by atoms with van der Waals surface area (Å²) in [7, 11) is 0. The highest BCUT2D eigenvalue weighted by atomic mass is 16.6. The Morgan fingerprint density at radius 1 is 0.900 bits per heavy atom. The molecule has 4 fully saturated rings. The van der Waals surface area contributed by atoms with E-state index in [4.69, 9.17) is 0 Å². The lowest BCUT2D eigenvalue weighted by Gasteiger charge is -2.55. The lowest BCUT2D eigenvalue weighted by molar-refractivity contribution is -0.385. The standard InChI is InChI=1S/C24H33N3O3/c28-24(22-9-1-2-10-23(22)27(29)30)25-18-14-19-7-4-8-20(15-18)26(19)21-12-16-5-3-6-17(11-16)13-21/h1-2,9-10,16-21H,3-8,11-15H2,(H,25,28)/t16-,17+,18?,19-,20+,21?. The zero-order valence-corrected chi connectivity index (χ0v) is 17.7. The number of hydrogen-bond donors (Lipinski definition) is 1. The number of nitro benzene ring substituents is 1. The van der Waals surface area contributed by atoms with Gasteiger partial charge >= 0.3 is 0 Å². The van der Waals surface area contributed by atoms with E-state index >= 15 is 0 Å². The van der Waals surface area contributed by atoms with Gasteiger partial charge < -0.3 is 5.32 Å². The van der Waals surface area contributed by atoms with E-state index in [0.29, 0.717) is 12.1 Å². The van der Waals surface area contributed by atoms with Crippen molar-refractivity contribution in [3.8, 4) is 0 Å². The van der Waals surface area contributed by atoms with Crippen LogP contribution in [0.5, 0.6) is 0 Å². The zero-order valence-electron chi connectivity index (χ0n) is 17.7. The van der Waals surface area contributed by atoms with Crippen molar-refractivity contribution in [1.29, 1.82) is 0 Å². The summed E-state index contributed by atoms with van der Waals surface area (Å²) in [6, 6.07) is 8.23. The van der Waals surface area contributed by atoms with E-state index < -0.39 is 4.92 Å². The molecule has 2 unspecified atom stereocenters. The van der Waals surface area contributed by atoms with E-state index in [0.717, 1.165) is 30.7 Å². The summed E-state index contributed by atoms with van der Waals surface area (Å²) in [5.74, 6) is 1.56. The Morgan fingerprint density at radius 2 is 1.53 bits per heavy atom. The molecule has 2 aliphatic carbocycles. The summed E-state index contributed by atoms with van der Waals surface area (Å²) >= 11 is 0. The maximum Gasteiger partial charge on any atom is 0.282 e. The molecule has 1 aromatic carbocycles. The van der Waals surface area contributed by atoms with Crippen molar-refractivity contribution >= 4 is 11.6 Å². The van der Waals surface area contributed by atoms with E-state index in [1.54, 1.807) is 18.2 Å². The highest BCUT2D eigenvalue weighted by Crippen LogP contribution is 2.45. The van der Waals surface area contributed by atoms with Crippen LogP contribution in [0.15, 0.2) is 24.3 Å². The Kier molecular flexibility index (Phi) is 5.52. The number of benzene rings is 1. The summed E-state index contributed by atoms with van der Waals surface area (Å²) in [6.07, 6.45) is 14.2. The fraction of sp³-hybridized carbons (Fsp3) is 0.708. The first-order chi connectivity index (χ1) is 14.6. The summed E-state index contributed by atoms with van der Waals surface area (Å²) in [6.45, 7) is 0. The van der Waals surface area contributed by atoms with E-state index in [9.17, 15) is 14.9 Å². The Morgan fingerprint density at radius 3 is 2.20 bits per heavy atom. The molecule has 6 heteroatoms. The average Bonchev–Trinajstić information content (AvgIpc) is 2.72. The van der Waals surface area contributed by atoms with E-state index in [2.05, 4.69) is 10.2 Å². The van der Waals surface area contributed by atoms with Crippen molar-refractivity contribution < 1.29 is 9.72 Å². The molecule has 0 spiro atoms. The topological polar surface area (TPSA) is 75.5 Å². The fourth-order valence-electron chi connectivity index (χ4n) is 7.16. The molecule has 2 saturated carbocycles. The Bertz CT molecular complexity index is 787. The molecule has 4 aliphatic rings. The van der Waals surface area contributed by atoms with Crippen LogP contribution in [-0.4, -0.2) is 39.9 Å². The maximum atomic E-state index is 12.8. The smallest absolute Gasteiger partial charge is 0.282 e. The van der Waals surface area contributed by atoms with Crippen LogP contribution >= 0.6 is 0 Å². The largest absolute Gasteiger partial charge is 0.349 e. The zero-order chi connectivity index (χ0) is 20.7. The molecule has 1 amide bonds. The number of piperidine rings is 2. The SMILES string of the molecule is O=C(NC1C[C@H]2CCC[C@@H](C1)N2C1C[C@H]2CCC[C@@H](C1)C2)c1ccccc1[N+](=O)[O-]. The molecule has 1 N–H and O–H groups in total. The minimum Gasteiger partial charge on any atom is -0.349 e. The minimum atomic E-state index is -0.466. The minimum absolute atomic E-state index is 0.110. The van der Waals surface area contributed by atoms with Crippen LogP contribution < -0.4 is 5.32 Å². The number of nitrogens with one attached hydrogen (secondary N) is 1. The number of carbonyl (C=O) groups excluding carboxylic acids is 1. The molecule has 6 nitrogen and oxygen atoms in total. The average molecular weight is 412 g/mol. The van der Waals surface area contributed by atoms with Gasteiger partial charge in [0.05, 0.1) is 4.92 Å². The van der Waals surface area contributed by atoms with Crippen molar-refractivity contribution in [2.45, 2.75) is 94.8 Å². The fourth-order valence-corrected chi connectivity index (χ4v) is 7.16. The first kappa shape index (κ1) is 20.0. The summed E-state index contributed by atoms with van der Waals surface area (Å²) < 4.78 is 0. The molecule has 2 heterocycles. The number of nitrogens with zero attached hydrogens (tertiary/aromatic N) is 2. The van der Waals surface area contributed by atoms with Crippen LogP contribution in [0.2, 0.25) is 0 Å². The van der Waals surface area contributed by atoms with Gasteiger partial charge in [0.15, 0.2) is 0 Å². The van der Waals surface area contributed by atoms with Crippen molar-refractivity contribution in [2.24, 2.45) is 11.8 Å². The van der Waals surface area contributed by atoms with Gasteiger partial charge in [0.1, 0.15) is 5.56 Å². The maximum absolute atomic E-state index is 12.8. The summed E-state index contributed by atoms with van der Waals surface area (Å²) in [4.78, 5) is 26.5. The van der Waals surface area contributed by atoms with Crippen molar-refractivity contribution in [1.82, 2.24) is 10.2 Å². The molecule has 5 rings (SSSR count). The molecule has 0 radical (unpaired) electrons. The highest BCUT2D eigenvalue weighted by Gasteiger charge is 2.45. The quantitative estimate of drug-likeness (QED) is 0.577. The van der Waals surface area contributed by atoms with E-state index in [1.807, 2.05) is 0 Å². The van der Waals surface area contributed by atoms with Gasteiger partial charge in [0, 0.05) is 30.2 Å². The van der Waals surface area contributed by atoms with Gasteiger partial charge in [-0.2, -0.15) is 0 Å². The Hall–Kier alpha value is -1.95. The van der Waals surface area contributed by atoms with Crippen LogP contribution in [0, 0.1) is 22.0 Å². The van der Waals surface area contributed by atoms with Gasteiger partial charge in [-0.25, -0.2) is 0 Å². The lowest BCUT2D eigenvalue weighted by Crippen LogP contribution is -2.61. The molecule has 4 bridgehead atoms. The summed E-state index contributed by atoms with van der Waals surface area (Å²) in [5.41, 5.74) is 0.0663. The third-order valence-electron chi connectivity index (χ3n) is 8.24. The van der Waals surface area contributed by atoms with Crippen molar-refractivity contribution in [3.63, 3.8) is 0 Å². The van der Waals surface area contributed by atoms with Crippen LogP contribution in [-0.2, 0) is 0 Å². The van der Waals surface area contributed by atoms with Gasteiger partial charge in [0.2, 0.25) is 0 Å². The number of fused-ring (bicyclic) bond motifs is 4. The van der Waals surface area contributed by atoms with E-state index in [-0.39, 0.29) is 23.2 Å². The monoisotopic (exact) mass is 411 g/mol. The number of carbonyl (C=O) groups is 1. The van der Waals surface area contributed by atoms with Gasteiger partial charge in [-0.05, 0) is 62.8 Å². The first-order valence-corrected chi connectivity index (χ1v) is 11.9. The van der Waals surface area contributed by atoms with Crippen LogP contribution in [0.3, 0.4) is 0 Å². The second-order valence-corrected chi connectivity index (χ2v) is 10.1. The lowest BCUT2D eigenvalue weighted by atomic mass is 9.68. The van der Waals surface area contributed by atoms with Gasteiger partial charge in [-0.1, -0.05) is 37.8 Å². The second kappa shape index (κ2) is 8.29. The molecular weight excluding hydrogens is 378 g/mol. The molecule has 6 atom stereocenters. The van der Waals surface area contributed by atoms with Gasteiger partial charge in [-0.3, -0.25) is 19.8 Å². The van der Waals surface area contributed by atoms with Crippen LogP contribution in [0.4, 0.5) is 5.69 Å². The Balaban J connectivity index is 1.27. The number of hydrogen-bond acceptors (Lipinski definition) is 4. The van der Waals surface area contributed by atoms with Crippen LogP contribution in [0.25, 0.3) is 0 Å². The van der Waals surface area contributed by atoms with Crippen molar-refractivity contribution in [3.05, 3.63) is 39.9 Å². The molecule has 0 aromatic heterocycles. The molecule has 2 saturated heterocycles. The normalized spacial score (nSPS) is 36.1. The predicted molar refractivity (Wildman–Crippen MR) is 115 cm³/mol. The third kappa shape index (κ3) is 3.86. The van der Waals surface area contributed by atoms with E-state index in [1.165, 1.54) is 63.9 Å². The van der Waals surface area contributed by atoms with Gasteiger partial charge in [0.25, 0.3) is 11.6 Å². The van der Waals surface area contributed by atoms with Gasteiger partial charge in [-0.15, -0.1) is 0 Å². The summed E-state index contributed by atoms with van der Waals surface area (Å²) in [5, 5.41) is 14.4. The molecule has 30 heavy (non-hydrogen) atoms. The molecular formula is C24H33N3O3. The third-order valence-corrected chi connectivity index (χ3v) is 8.24. The molecule has 2 aliphatic heterocycles.